The Hall–Kier alpha value is -1.17. The molecule has 0 bridgehead atoms. The van der Waals surface area contributed by atoms with E-state index in [2.05, 4.69) is 0 Å². The summed E-state index contributed by atoms with van der Waals surface area (Å²) in [6, 6.07) is 4.57. The van der Waals surface area contributed by atoms with Crippen LogP contribution >= 0.6 is 0 Å². The Morgan fingerprint density at radius 3 is 2.56 bits per heavy atom. The van der Waals surface area contributed by atoms with Gasteiger partial charge in [-0.05, 0) is 24.6 Å². The molecule has 0 radical (unpaired) electrons. The predicted octanol–water partition coefficient (Wildman–Crippen LogP) is 1.32. The van der Waals surface area contributed by atoms with E-state index in [1.54, 1.807) is 31.0 Å². The largest absolute Gasteiger partial charge is 0.389 e. The first kappa shape index (κ1) is 14.9. The second-order valence-electron chi connectivity index (χ2n) is 4.38. The third kappa shape index (κ3) is 3.94. The van der Waals surface area contributed by atoms with Crippen LogP contribution in [0.15, 0.2) is 18.2 Å². The van der Waals surface area contributed by atoms with Crippen LogP contribution in [-0.2, 0) is 4.74 Å². The monoisotopic (exact) mass is 257 g/mol. The topological polar surface area (TPSA) is 52.9 Å². The molecule has 0 aliphatic carbocycles. The number of hydrogen-bond acceptors (Lipinski definition) is 4. The predicted molar refractivity (Wildman–Crippen MR) is 68.2 cm³/mol. The van der Waals surface area contributed by atoms with Crippen LogP contribution in [0, 0.1) is 5.82 Å². The van der Waals surface area contributed by atoms with Gasteiger partial charge >= 0.3 is 0 Å². The lowest BCUT2D eigenvalue weighted by molar-refractivity contribution is 0.0694. The number of hydrogen-bond donors (Lipinski definition) is 2. The second-order valence-corrected chi connectivity index (χ2v) is 4.38. The van der Waals surface area contributed by atoms with Crippen LogP contribution in [0.4, 0.5) is 10.1 Å². The van der Waals surface area contributed by atoms with Gasteiger partial charge in [-0.1, -0.05) is 6.07 Å². The average molecular weight is 257 g/mol. The Morgan fingerprint density at radius 2 is 2.06 bits per heavy atom. The zero-order valence-corrected chi connectivity index (χ0v) is 10.9. The molecule has 0 saturated carbocycles. The number of methoxy groups -OCH3 is 1. The maximum Gasteiger partial charge on any atom is 0.146 e. The highest BCUT2D eigenvalue weighted by Crippen LogP contribution is 2.22. The van der Waals surface area contributed by atoms with Crippen molar-refractivity contribution in [3.63, 3.8) is 0 Å². The molecule has 102 valence electrons. The molecule has 2 atom stereocenters. The van der Waals surface area contributed by atoms with Crippen LogP contribution < -0.4 is 4.90 Å². The third-order valence-corrected chi connectivity index (χ3v) is 2.71. The van der Waals surface area contributed by atoms with Gasteiger partial charge < -0.3 is 19.8 Å². The van der Waals surface area contributed by atoms with Crippen molar-refractivity contribution in [2.24, 2.45) is 0 Å². The van der Waals surface area contributed by atoms with E-state index in [1.807, 2.05) is 0 Å². The van der Waals surface area contributed by atoms with E-state index in [0.717, 1.165) is 0 Å². The van der Waals surface area contributed by atoms with Crippen molar-refractivity contribution in [2.45, 2.75) is 19.1 Å². The van der Waals surface area contributed by atoms with Gasteiger partial charge in [-0.3, -0.25) is 0 Å². The Labute approximate surface area is 107 Å². The quantitative estimate of drug-likeness (QED) is 0.807. The fraction of sp³-hybridized carbons (Fsp3) is 0.538. The van der Waals surface area contributed by atoms with Gasteiger partial charge in [-0.15, -0.1) is 0 Å². The van der Waals surface area contributed by atoms with Crippen molar-refractivity contribution in [3.05, 3.63) is 29.6 Å². The molecule has 0 aliphatic heterocycles. The molecule has 0 spiro atoms. The zero-order valence-electron chi connectivity index (χ0n) is 10.9. The summed E-state index contributed by atoms with van der Waals surface area (Å²) in [5.74, 6) is -0.416. The molecular weight excluding hydrogens is 237 g/mol. The van der Waals surface area contributed by atoms with Gasteiger partial charge in [0, 0.05) is 20.7 Å². The van der Waals surface area contributed by atoms with Crippen molar-refractivity contribution in [1.82, 2.24) is 0 Å². The number of aliphatic hydroxyl groups excluding tert-OH is 2. The number of anilines is 1. The summed E-state index contributed by atoms with van der Waals surface area (Å²) in [6.45, 7) is 2.07. The molecule has 0 aromatic heterocycles. The van der Waals surface area contributed by atoms with E-state index >= 15 is 0 Å². The van der Waals surface area contributed by atoms with E-state index in [1.165, 1.54) is 13.2 Å². The van der Waals surface area contributed by atoms with Crippen molar-refractivity contribution in [1.29, 1.82) is 0 Å². The minimum atomic E-state index is -0.696. The van der Waals surface area contributed by atoms with Crippen molar-refractivity contribution in [3.8, 4) is 0 Å². The molecule has 4 nitrogen and oxygen atoms in total. The summed E-state index contributed by atoms with van der Waals surface area (Å²) in [6.07, 6.45) is -1.37. The summed E-state index contributed by atoms with van der Waals surface area (Å²) in [5, 5.41) is 18.9. The minimum absolute atomic E-state index is 0.206. The van der Waals surface area contributed by atoms with Crippen LogP contribution in [0.1, 0.15) is 18.6 Å². The SMILES string of the molecule is COCC(O)CN(C)c1ccc([C@H](C)O)cc1F. The fourth-order valence-corrected chi connectivity index (χ4v) is 1.75. The van der Waals surface area contributed by atoms with Gasteiger partial charge in [0.05, 0.1) is 24.5 Å². The minimum Gasteiger partial charge on any atom is -0.389 e. The summed E-state index contributed by atoms with van der Waals surface area (Å²) in [7, 11) is 3.20. The molecule has 1 aromatic carbocycles. The second kappa shape index (κ2) is 6.68. The normalized spacial score (nSPS) is 14.3. The van der Waals surface area contributed by atoms with Gasteiger partial charge in [-0.25, -0.2) is 4.39 Å². The van der Waals surface area contributed by atoms with Crippen LogP contribution in [0.5, 0.6) is 0 Å². The van der Waals surface area contributed by atoms with Gasteiger partial charge in [0.15, 0.2) is 0 Å². The average Bonchev–Trinajstić information content (AvgIpc) is 2.28. The van der Waals surface area contributed by atoms with Gasteiger partial charge in [0.25, 0.3) is 0 Å². The number of benzene rings is 1. The molecule has 0 aliphatic rings. The highest BCUT2D eigenvalue weighted by Gasteiger charge is 2.13. The summed E-state index contributed by atoms with van der Waals surface area (Å²) in [4.78, 5) is 1.62. The Kier molecular flexibility index (Phi) is 5.53. The smallest absolute Gasteiger partial charge is 0.146 e. The summed E-state index contributed by atoms with van der Waals surface area (Å²) < 4.78 is 18.6. The fourth-order valence-electron chi connectivity index (χ4n) is 1.75. The van der Waals surface area contributed by atoms with Crippen LogP contribution in [-0.4, -0.2) is 43.6 Å². The molecule has 0 saturated heterocycles. The maximum atomic E-state index is 13.8. The molecule has 18 heavy (non-hydrogen) atoms. The van der Waals surface area contributed by atoms with Gasteiger partial charge in [0.2, 0.25) is 0 Å². The Bertz CT molecular complexity index is 384. The number of likely N-dealkylation sites (N-methyl/N-ethyl adjacent to an activating group) is 1. The van der Waals surface area contributed by atoms with E-state index in [0.29, 0.717) is 11.3 Å². The lowest BCUT2D eigenvalue weighted by Crippen LogP contribution is -2.32. The number of halogens is 1. The molecule has 5 heteroatoms. The van der Waals surface area contributed by atoms with Gasteiger partial charge in [-0.2, -0.15) is 0 Å². The highest BCUT2D eigenvalue weighted by molar-refractivity contribution is 5.48. The number of nitrogens with zero attached hydrogens (tertiary/aromatic N) is 1. The molecule has 0 heterocycles. The summed E-state index contributed by atoms with van der Waals surface area (Å²) in [5.41, 5.74) is 0.914. The maximum absolute atomic E-state index is 13.8. The first-order valence-corrected chi connectivity index (χ1v) is 5.81. The molecule has 2 N–H and O–H groups in total. The van der Waals surface area contributed by atoms with Crippen molar-refractivity contribution >= 4 is 5.69 Å². The third-order valence-electron chi connectivity index (χ3n) is 2.71. The Morgan fingerprint density at radius 1 is 1.39 bits per heavy atom. The standard InChI is InChI=1S/C13H20FNO3/c1-9(16)10-4-5-13(12(14)6-10)15(2)7-11(17)8-18-3/h4-6,9,11,16-17H,7-8H2,1-3H3/t9-,11?/m0/s1. The van der Waals surface area contributed by atoms with Gasteiger partial charge in [0.1, 0.15) is 5.82 Å². The zero-order chi connectivity index (χ0) is 13.7. The molecule has 0 amide bonds. The number of ether oxygens (including phenoxy) is 1. The summed E-state index contributed by atoms with van der Waals surface area (Å²) >= 11 is 0. The first-order valence-electron chi connectivity index (χ1n) is 5.81. The lowest BCUT2D eigenvalue weighted by Gasteiger charge is -2.23. The number of aliphatic hydroxyl groups is 2. The van der Waals surface area contributed by atoms with Crippen LogP contribution in [0.2, 0.25) is 0 Å². The first-order chi connectivity index (χ1) is 8.45. The lowest BCUT2D eigenvalue weighted by atomic mass is 10.1. The van der Waals surface area contributed by atoms with E-state index < -0.39 is 18.0 Å². The molecular formula is C13H20FNO3. The van der Waals surface area contributed by atoms with Crippen molar-refractivity contribution in [2.75, 3.05) is 32.2 Å². The van der Waals surface area contributed by atoms with E-state index in [9.17, 15) is 14.6 Å². The molecule has 1 rings (SSSR count). The molecule has 0 fully saturated rings. The molecule has 1 unspecified atom stereocenters. The Balaban J connectivity index is 2.77. The van der Waals surface area contributed by atoms with Crippen molar-refractivity contribution < 1.29 is 19.3 Å². The van der Waals surface area contributed by atoms with E-state index in [4.69, 9.17) is 4.74 Å². The highest BCUT2D eigenvalue weighted by atomic mass is 19.1. The van der Waals surface area contributed by atoms with Crippen LogP contribution in [0.25, 0.3) is 0 Å². The molecule has 1 aromatic rings. The van der Waals surface area contributed by atoms with E-state index in [-0.39, 0.29) is 13.2 Å². The number of rotatable bonds is 6. The van der Waals surface area contributed by atoms with Crippen LogP contribution in [0.3, 0.4) is 0 Å².